The predicted octanol–water partition coefficient (Wildman–Crippen LogP) is 1.48. The van der Waals surface area contributed by atoms with Gasteiger partial charge in [-0.05, 0) is 18.4 Å². The Bertz CT molecular complexity index is 352. The minimum absolute atomic E-state index is 0.244. The molecule has 1 saturated heterocycles. The van der Waals surface area contributed by atoms with Gasteiger partial charge < -0.3 is 0 Å². The van der Waals surface area contributed by atoms with Gasteiger partial charge in [-0.15, -0.1) is 0 Å². The maximum atomic E-state index is 12.1. The zero-order valence-electron chi connectivity index (χ0n) is 8.90. The Morgan fingerprint density at radius 2 is 2.13 bits per heavy atom. The minimum atomic E-state index is -0.244. The van der Waals surface area contributed by atoms with E-state index in [1.165, 1.54) is 5.56 Å². The van der Waals surface area contributed by atoms with E-state index in [1.807, 2.05) is 18.2 Å². The van der Waals surface area contributed by atoms with Gasteiger partial charge in [0.1, 0.15) is 5.41 Å². The van der Waals surface area contributed by atoms with Crippen LogP contribution >= 0.6 is 11.9 Å². The molecule has 1 aromatic rings. The molecule has 0 aliphatic carbocycles. The van der Waals surface area contributed by atoms with Gasteiger partial charge in [0.05, 0.1) is 17.7 Å². The highest BCUT2D eigenvalue weighted by molar-refractivity contribution is 7.93. The summed E-state index contributed by atoms with van der Waals surface area (Å²) in [6, 6.07) is 10.2. The van der Waals surface area contributed by atoms with Crippen molar-refractivity contribution in [1.29, 1.82) is 0 Å². The Kier molecular flexibility index (Phi) is 3.12. The van der Waals surface area contributed by atoms with Crippen LogP contribution in [0.25, 0.3) is 0 Å². The fraction of sp³-hybridized carbons (Fsp3) is 0.417. The quantitative estimate of drug-likeness (QED) is 0.769. The maximum Gasteiger partial charge on any atom is 0.332 e. The summed E-state index contributed by atoms with van der Waals surface area (Å²) in [4.78, 5) is 12.1. The number of carbonyl (C=O) groups excluding carboxylic acids is 1. The van der Waals surface area contributed by atoms with Crippen molar-refractivity contribution in [2.45, 2.75) is 25.2 Å². The number of benzene rings is 1. The number of nitrogens with two attached hydrogens (primary N) is 1. The van der Waals surface area contributed by atoms with Crippen molar-refractivity contribution in [1.82, 2.24) is 0 Å². The van der Waals surface area contributed by atoms with Crippen molar-refractivity contribution < 1.29 is 9.52 Å². The fourth-order valence-corrected chi connectivity index (χ4v) is 3.16. The molecule has 1 atom stereocenters. The molecule has 1 heterocycles. The normalized spacial score (nSPS) is 26.6. The maximum absolute atomic E-state index is 12.1. The van der Waals surface area contributed by atoms with Crippen molar-refractivity contribution in [2.24, 2.45) is 0 Å². The molecule has 1 aromatic carbocycles. The van der Waals surface area contributed by atoms with Gasteiger partial charge >= 0.3 is 5.91 Å². The fourth-order valence-electron chi connectivity index (χ4n) is 2.20. The summed E-state index contributed by atoms with van der Waals surface area (Å²) in [5, 5.41) is 0. The van der Waals surface area contributed by atoms with E-state index in [4.69, 9.17) is 0 Å². The molecule has 1 unspecified atom stereocenters. The van der Waals surface area contributed by atoms with Crippen LogP contribution in [-0.2, 0) is 10.2 Å². The van der Waals surface area contributed by atoms with E-state index in [0.29, 0.717) is 0 Å². The summed E-state index contributed by atoms with van der Waals surface area (Å²) < 4.78 is 1.79. The van der Waals surface area contributed by atoms with Gasteiger partial charge in [0.2, 0.25) is 0 Å². The van der Waals surface area contributed by atoms with Crippen molar-refractivity contribution >= 4 is 17.9 Å². The lowest BCUT2D eigenvalue weighted by Crippen LogP contribution is -2.87. The minimum Gasteiger partial charge on any atom is -0.229 e. The molecule has 2 rings (SSSR count). The van der Waals surface area contributed by atoms with Crippen LogP contribution in [0.15, 0.2) is 30.3 Å². The first kappa shape index (κ1) is 10.7. The van der Waals surface area contributed by atoms with Crippen LogP contribution in [0.1, 0.15) is 25.3 Å². The van der Waals surface area contributed by atoms with E-state index in [1.54, 1.807) is 16.7 Å². The van der Waals surface area contributed by atoms with E-state index in [-0.39, 0.29) is 11.3 Å². The first-order valence-corrected chi connectivity index (χ1v) is 6.39. The molecule has 0 bridgehead atoms. The second-order valence-corrected chi connectivity index (χ2v) is 4.88. The first-order chi connectivity index (χ1) is 7.29. The van der Waals surface area contributed by atoms with E-state index in [2.05, 4.69) is 19.1 Å². The van der Waals surface area contributed by atoms with Crippen LogP contribution in [0.2, 0.25) is 0 Å². The number of hydrogen-bond acceptors (Lipinski definition) is 2. The average molecular weight is 222 g/mol. The third-order valence-electron chi connectivity index (χ3n) is 3.24. The summed E-state index contributed by atoms with van der Waals surface area (Å²) in [5.74, 6) is 1.33. The van der Waals surface area contributed by atoms with E-state index in [9.17, 15) is 4.79 Å². The lowest BCUT2D eigenvalue weighted by Gasteiger charge is -2.31. The van der Waals surface area contributed by atoms with Crippen LogP contribution < -0.4 is 4.72 Å². The summed E-state index contributed by atoms with van der Waals surface area (Å²) in [6.07, 6.45) is 1.86. The SMILES string of the molecule is CCC1(c2ccccc2)CCS[NH2+]C1=O. The molecule has 1 aliphatic rings. The molecule has 2 N–H and O–H groups in total. The van der Waals surface area contributed by atoms with E-state index < -0.39 is 0 Å². The molecule has 80 valence electrons. The number of rotatable bonds is 2. The number of primary amides is 1. The molecule has 1 aliphatic heterocycles. The van der Waals surface area contributed by atoms with Crippen molar-refractivity contribution in [3.05, 3.63) is 35.9 Å². The van der Waals surface area contributed by atoms with Gasteiger partial charge in [-0.2, -0.15) is 0 Å². The van der Waals surface area contributed by atoms with Crippen LogP contribution in [0.5, 0.6) is 0 Å². The Balaban J connectivity index is 2.40. The number of carbonyl (C=O) groups is 1. The number of amides is 1. The highest BCUT2D eigenvalue weighted by atomic mass is 32.2. The molecule has 3 heteroatoms. The van der Waals surface area contributed by atoms with Gasteiger partial charge in [0, 0.05) is 0 Å². The standard InChI is InChI=1S/C12H15NOS/c1-2-12(8-9-15-13-11(12)14)10-6-4-3-5-7-10/h3-7H,2,8-9H2,1H3,(H,13,14)/p+1. The summed E-state index contributed by atoms with van der Waals surface area (Å²) in [7, 11) is 0. The van der Waals surface area contributed by atoms with Gasteiger partial charge in [0.25, 0.3) is 0 Å². The second-order valence-electron chi connectivity index (χ2n) is 3.90. The largest absolute Gasteiger partial charge is 0.332 e. The van der Waals surface area contributed by atoms with Crippen LogP contribution in [0.4, 0.5) is 0 Å². The zero-order valence-corrected chi connectivity index (χ0v) is 9.72. The summed E-state index contributed by atoms with van der Waals surface area (Å²) >= 11 is 1.64. The van der Waals surface area contributed by atoms with Gasteiger partial charge in [-0.25, -0.2) is 9.52 Å². The summed E-state index contributed by atoms with van der Waals surface area (Å²) in [5.41, 5.74) is 0.932. The Labute approximate surface area is 94.6 Å². The van der Waals surface area contributed by atoms with Crippen LogP contribution in [-0.4, -0.2) is 11.7 Å². The van der Waals surface area contributed by atoms with Gasteiger partial charge in [-0.1, -0.05) is 37.3 Å². The molecule has 0 spiro atoms. The van der Waals surface area contributed by atoms with Crippen molar-refractivity contribution in [3.63, 3.8) is 0 Å². The smallest absolute Gasteiger partial charge is 0.229 e. The molecular formula is C12H16NOS+. The molecule has 0 saturated carbocycles. The number of hydrogen-bond donors (Lipinski definition) is 1. The molecule has 2 nitrogen and oxygen atoms in total. The topological polar surface area (TPSA) is 33.7 Å². The van der Waals surface area contributed by atoms with E-state index in [0.717, 1.165) is 18.6 Å². The van der Waals surface area contributed by atoms with Gasteiger partial charge in [0.15, 0.2) is 0 Å². The molecule has 15 heavy (non-hydrogen) atoms. The molecular weight excluding hydrogens is 206 g/mol. The predicted molar refractivity (Wildman–Crippen MR) is 62.4 cm³/mol. The second kappa shape index (κ2) is 4.37. The third-order valence-corrected chi connectivity index (χ3v) is 4.06. The zero-order chi connectivity index (χ0) is 10.7. The lowest BCUT2D eigenvalue weighted by molar-refractivity contribution is -0.407. The van der Waals surface area contributed by atoms with Crippen LogP contribution in [0, 0.1) is 0 Å². The first-order valence-electron chi connectivity index (χ1n) is 5.34. The highest BCUT2D eigenvalue weighted by Gasteiger charge is 2.44. The average Bonchev–Trinajstić information content (AvgIpc) is 2.31. The third kappa shape index (κ3) is 1.82. The molecule has 1 fully saturated rings. The number of quaternary nitrogens is 1. The van der Waals surface area contributed by atoms with E-state index >= 15 is 0 Å². The molecule has 0 radical (unpaired) electrons. The Morgan fingerprint density at radius 1 is 1.40 bits per heavy atom. The Morgan fingerprint density at radius 3 is 2.73 bits per heavy atom. The monoisotopic (exact) mass is 222 g/mol. The highest BCUT2D eigenvalue weighted by Crippen LogP contribution is 2.33. The van der Waals surface area contributed by atoms with Gasteiger partial charge in [-0.3, -0.25) is 0 Å². The molecule has 0 aromatic heterocycles. The Hall–Kier alpha value is -0.800. The summed E-state index contributed by atoms with van der Waals surface area (Å²) in [6.45, 7) is 2.11. The van der Waals surface area contributed by atoms with Crippen molar-refractivity contribution in [2.75, 3.05) is 5.75 Å². The lowest BCUT2D eigenvalue weighted by atomic mass is 9.75. The van der Waals surface area contributed by atoms with Crippen LogP contribution in [0.3, 0.4) is 0 Å². The van der Waals surface area contributed by atoms with Crippen molar-refractivity contribution in [3.8, 4) is 0 Å². The molecule has 1 amide bonds.